The van der Waals surface area contributed by atoms with Crippen LogP contribution in [-0.4, -0.2) is 30.3 Å². The lowest BCUT2D eigenvalue weighted by Crippen LogP contribution is -2.20. The van der Waals surface area contributed by atoms with Gasteiger partial charge in [-0.15, -0.1) is 11.3 Å². The summed E-state index contributed by atoms with van der Waals surface area (Å²) in [7, 11) is 0. The molecular formula is C30H23ClFN7O2S. The van der Waals surface area contributed by atoms with E-state index in [1.54, 1.807) is 40.4 Å². The van der Waals surface area contributed by atoms with Gasteiger partial charge in [-0.1, -0.05) is 23.7 Å². The standard InChI is InChI=1S/C30H23ClFN7O2S/c1-15(2)41-22-8-7-18(9-19(22)12-33)27-26-28(34)35-14-36-29(26)39(37-27)16(3)21-11-24-38(23(31)13-42-24)30(40)25(21)17-5-4-6-20(32)10-17/h4-11,13-16H,1-3H3,(H2,34,35,36)/t16-/m0/s1. The van der Waals surface area contributed by atoms with E-state index < -0.39 is 11.9 Å². The Morgan fingerprint density at radius 2 is 1.93 bits per heavy atom. The first kappa shape index (κ1) is 27.4. The monoisotopic (exact) mass is 599 g/mol. The predicted molar refractivity (Wildman–Crippen MR) is 161 cm³/mol. The van der Waals surface area contributed by atoms with Gasteiger partial charge in [-0.3, -0.25) is 9.20 Å². The number of rotatable bonds is 6. The zero-order valence-electron chi connectivity index (χ0n) is 22.7. The van der Waals surface area contributed by atoms with Gasteiger partial charge in [0.25, 0.3) is 5.56 Å². The zero-order valence-corrected chi connectivity index (χ0v) is 24.2. The third-order valence-corrected chi connectivity index (χ3v) is 8.17. The topological polar surface area (TPSA) is 124 Å². The largest absolute Gasteiger partial charge is 0.490 e. The third-order valence-electron chi connectivity index (χ3n) is 6.88. The van der Waals surface area contributed by atoms with Crippen LogP contribution in [0.5, 0.6) is 5.75 Å². The van der Waals surface area contributed by atoms with Crippen LogP contribution in [0.15, 0.2) is 65.0 Å². The highest BCUT2D eigenvalue weighted by Crippen LogP contribution is 2.37. The highest BCUT2D eigenvalue weighted by molar-refractivity contribution is 7.16. The molecule has 6 aromatic rings. The van der Waals surface area contributed by atoms with E-state index in [0.29, 0.717) is 49.6 Å². The van der Waals surface area contributed by atoms with Crippen molar-refractivity contribution in [2.75, 3.05) is 5.73 Å². The van der Waals surface area contributed by atoms with Crippen molar-refractivity contribution in [3.8, 4) is 34.2 Å². The molecule has 12 heteroatoms. The molecule has 4 heterocycles. The summed E-state index contributed by atoms with van der Waals surface area (Å²) in [5.41, 5.74) is 9.11. The molecule has 6 rings (SSSR count). The van der Waals surface area contributed by atoms with Crippen LogP contribution in [0.25, 0.3) is 38.2 Å². The van der Waals surface area contributed by atoms with Crippen LogP contribution in [0.4, 0.5) is 10.2 Å². The molecule has 1 atom stereocenters. The Morgan fingerprint density at radius 3 is 2.67 bits per heavy atom. The van der Waals surface area contributed by atoms with Gasteiger partial charge in [-0.05, 0) is 68.3 Å². The molecule has 0 spiro atoms. The number of halogens is 2. The Labute approximate surface area is 248 Å². The Morgan fingerprint density at radius 1 is 1.12 bits per heavy atom. The molecular weight excluding hydrogens is 577 g/mol. The maximum atomic E-state index is 14.4. The minimum Gasteiger partial charge on any atom is -0.490 e. The van der Waals surface area contributed by atoms with Crippen molar-refractivity contribution in [1.82, 2.24) is 24.1 Å². The molecule has 0 amide bonds. The molecule has 0 fully saturated rings. The third kappa shape index (κ3) is 4.55. The fourth-order valence-corrected chi connectivity index (χ4v) is 6.20. The van der Waals surface area contributed by atoms with E-state index in [0.717, 1.165) is 0 Å². The van der Waals surface area contributed by atoms with Gasteiger partial charge in [0.05, 0.1) is 28.7 Å². The van der Waals surface area contributed by atoms with Gasteiger partial charge >= 0.3 is 0 Å². The predicted octanol–water partition coefficient (Wildman–Crippen LogP) is 6.48. The molecule has 0 aliphatic heterocycles. The second-order valence-corrected chi connectivity index (χ2v) is 11.2. The van der Waals surface area contributed by atoms with Gasteiger partial charge in [0.15, 0.2) is 5.65 Å². The van der Waals surface area contributed by atoms with Gasteiger partial charge < -0.3 is 10.5 Å². The Kier molecular flexibility index (Phi) is 6.88. The number of anilines is 1. The fraction of sp³-hybridized carbons (Fsp3) is 0.167. The Hall–Kier alpha value is -4.79. The van der Waals surface area contributed by atoms with Crippen LogP contribution in [0.2, 0.25) is 5.15 Å². The van der Waals surface area contributed by atoms with E-state index >= 15 is 0 Å². The molecule has 0 saturated heterocycles. The van der Waals surface area contributed by atoms with Crippen LogP contribution < -0.4 is 16.0 Å². The molecule has 0 aliphatic carbocycles. The number of thiazole rings is 1. The van der Waals surface area contributed by atoms with Crippen molar-refractivity contribution in [1.29, 1.82) is 5.26 Å². The summed E-state index contributed by atoms with van der Waals surface area (Å²) in [4.78, 5) is 23.2. The SMILES string of the molecule is CC(C)Oc1ccc(-c2nn([C@@H](C)c3cc4scc(Cl)n4c(=O)c3-c3cccc(F)c3)c3ncnc(N)c23)cc1C#N. The number of nitrogen functional groups attached to an aromatic ring is 1. The second kappa shape index (κ2) is 10.6. The van der Waals surface area contributed by atoms with Crippen LogP contribution in [0.1, 0.15) is 37.9 Å². The minimum atomic E-state index is -0.564. The van der Waals surface area contributed by atoms with Crippen LogP contribution in [0.3, 0.4) is 0 Å². The number of pyridine rings is 1. The van der Waals surface area contributed by atoms with Crippen LogP contribution in [-0.2, 0) is 0 Å². The highest BCUT2D eigenvalue weighted by atomic mass is 35.5. The summed E-state index contributed by atoms with van der Waals surface area (Å²) < 4.78 is 23.2. The van der Waals surface area contributed by atoms with E-state index in [1.807, 2.05) is 26.8 Å². The molecule has 9 nitrogen and oxygen atoms in total. The Bertz CT molecular complexity index is 2110. The van der Waals surface area contributed by atoms with Crippen molar-refractivity contribution >= 4 is 44.6 Å². The number of nitrogens with zero attached hydrogens (tertiary/aromatic N) is 6. The second-order valence-electron chi connectivity index (χ2n) is 9.94. The number of hydrogen-bond acceptors (Lipinski definition) is 8. The summed E-state index contributed by atoms with van der Waals surface area (Å²) in [6.07, 6.45) is 1.23. The molecule has 0 saturated carbocycles. The molecule has 4 aromatic heterocycles. The number of hydrogen-bond donors (Lipinski definition) is 1. The minimum absolute atomic E-state index is 0.111. The molecule has 2 aromatic carbocycles. The molecule has 42 heavy (non-hydrogen) atoms. The normalized spacial score (nSPS) is 12.2. The van der Waals surface area contributed by atoms with Crippen LogP contribution in [0, 0.1) is 17.1 Å². The maximum Gasteiger partial charge on any atom is 0.265 e. The van der Waals surface area contributed by atoms with Gasteiger partial charge in [-0.25, -0.2) is 19.0 Å². The van der Waals surface area contributed by atoms with E-state index in [9.17, 15) is 14.4 Å². The highest BCUT2D eigenvalue weighted by Gasteiger charge is 2.26. The van der Waals surface area contributed by atoms with Crippen molar-refractivity contribution in [3.05, 3.63) is 92.7 Å². The van der Waals surface area contributed by atoms with E-state index in [2.05, 4.69) is 16.0 Å². The van der Waals surface area contributed by atoms with Gasteiger partial charge in [-0.2, -0.15) is 10.4 Å². The van der Waals surface area contributed by atoms with E-state index in [-0.39, 0.29) is 28.2 Å². The van der Waals surface area contributed by atoms with Crippen LogP contribution >= 0.6 is 22.9 Å². The lowest BCUT2D eigenvalue weighted by atomic mass is 9.97. The van der Waals surface area contributed by atoms with Gasteiger partial charge in [0.2, 0.25) is 0 Å². The van der Waals surface area contributed by atoms with E-state index in [4.69, 9.17) is 27.2 Å². The number of fused-ring (bicyclic) bond motifs is 2. The average molecular weight is 600 g/mol. The summed E-state index contributed by atoms with van der Waals surface area (Å²) >= 11 is 7.69. The Balaban J connectivity index is 1.59. The number of benzene rings is 2. The molecule has 0 unspecified atom stereocenters. The first-order valence-electron chi connectivity index (χ1n) is 13.0. The van der Waals surface area contributed by atoms with Gasteiger partial charge in [0.1, 0.15) is 45.5 Å². The average Bonchev–Trinajstić information content (AvgIpc) is 3.54. The molecule has 0 radical (unpaired) electrons. The quantitative estimate of drug-likeness (QED) is 0.232. The van der Waals surface area contributed by atoms with Crippen molar-refractivity contribution in [2.45, 2.75) is 32.9 Å². The summed E-state index contributed by atoms with van der Waals surface area (Å²) in [5.74, 6) is 0.193. The lowest BCUT2D eigenvalue weighted by molar-refractivity contribution is 0.242. The lowest BCUT2D eigenvalue weighted by Gasteiger charge is -2.18. The number of aromatic nitrogens is 5. The first-order valence-corrected chi connectivity index (χ1v) is 14.2. The number of ether oxygens (including phenoxy) is 1. The first-order chi connectivity index (χ1) is 20.2. The van der Waals surface area contributed by atoms with Crippen molar-refractivity contribution in [3.63, 3.8) is 0 Å². The molecule has 210 valence electrons. The zero-order chi connectivity index (χ0) is 29.7. The molecule has 0 aliphatic rings. The molecule has 0 bridgehead atoms. The van der Waals surface area contributed by atoms with Crippen molar-refractivity contribution in [2.24, 2.45) is 0 Å². The number of nitriles is 1. The molecule has 2 N–H and O–H groups in total. The summed E-state index contributed by atoms with van der Waals surface area (Å²) in [6.45, 7) is 5.64. The number of nitrogens with two attached hydrogens (primary N) is 1. The summed E-state index contributed by atoms with van der Waals surface area (Å²) in [5, 5.41) is 17.2. The fourth-order valence-electron chi connectivity index (χ4n) is 5.04. The summed E-state index contributed by atoms with van der Waals surface area (Å²) in [6, 6.07) is 14.5. The maximum absolute atomic E-state index is 14.4. The van der Waals surface area contributed by atoms with E-state index in [1.165, 1.54) is 34.2 Å². The van der Waals surface area contributed by atoms with Gasteiger partial charge in [0, 0.05) is 10.9 Å². The van der Waals surface area contributed by atoms with Crippen molar-refractivity contribution < 1.29 is 9.13 Å². The smallest absolute Gasteiger partial charge is 0.265 e.